The summed E-state index contributed by atoms with van der Waals surface area (Å²) in [6.07, 6.45) is 5.43. The zero-order valence-corrected chi connectivity index (χ0v) is 18.9. The van der Waals surface area contributed by atoms with Gasteiger partial charge in [0.05, 0.1) is 5.71 Å². The lowest BCUT2D eigenvalue weighted by molar-refractivity contribution is -0.140. The molecule has 0 radical (unpaired) electrons. The molecule has 0 saturated heterocycles. The van der Waals surface area contributed by atoms with Crippen LogP contribution in [0.15, 0.2) is 78.0 Å². The highest BCUT2D eigenvalue weighted by Gasteiger charge is 2.23. The maximum absolute atomic E-state index is 13.1. The topological polar surface area (TPSA) is 132 Å². The highest BCUT2D eigenvalue weighted by molar-refractivity contribution is 6.09. The van der Waals surface area contributed by atoms with Crippen LogP contribution in [0.5, 0.6) is 0 Å². The monoisotopic (exact) mass is 483 g/mol. The molecule has 5 N–H and O–H groups in total. The van der Waals surface area contributed by atoms with Gasteiger partial charge in [0.25, 0.3) is 5.91 Å². The number of carbonyl (C=O) groups is 2. The van der Waals surface area contributed by atoms with Gasteiger partial charge in [-0.1, -0.05) is 18.2 Å². The number of amidine groups is 1. The minimum atomic E-state index is -1.47. The van der Waals surface area contributed by atoms with Crippen molar-refractivity contribution >= 4 is 23.9 Å². The highest BCUT2D eigenvalue weighted by Crippen LogP contribution is 2.16. The summed E-state index contributed by atoms with van der Waals surface area (Å²) >= 11 is 0. The molecule has 0 aliphatic heterocycles. The van der Waals surface area contributed by atoms with Gasteiger partial charge in [-0.15, -0.1) is 0 Å². The second-order valence-corrected chi connectivity index (χ2v) is 7.33. The Labute approximate surface area is 202 Å². The number of aliphatic hydroxyl groups is 1. The quantitative estimate of drug-likeness (QED) is 0.151. The molecule has 0 fully saturated rings. The average molecular weight is 484 g/mol. The number of nitrogens with zero attached hydrogens (tertiary/aromatic N) is 2. The standard InChI is InChI=1S/C25H27F2N5O3/c26-20-7-3-18(4-8-20)22(28)11-12-23(29)31-13-1-2-15-32(16-14-30-17-33)25(35)24(34)19-5-9-21(27)10-6-19/h1,3-13,17,24,28,34H,2,14-16H2,(H2,29,31)(H,30,33)/b12-11-,13-1+,28-22?. The lowest BCUT2D eigenvalue weighted by atomic mass is 10.1. The van der Waals surface area contributed by atoms with E-state index in [1.54, 1.807) is 6.08 Å². The average Bonchev–Trinajstić information content (AvgIpc) is 2.86. The van der Waals surface area contributed by atoms with Crippen LogP contribution in [0.2, 0.25) is 0 Å². The second-order valence-electron chi connectivity index (χ2n) is 7.33. The number of hydrogen-bond acceptors (Lipinski definition) is 5. The predicted molar refractivity (Wildman–Crippen MR) is 130 cm³/mol. The molecular weight excluding hydrogens is 456 g/mol. The van der Waals surface area contributed by atoms with Crippen molar-refractivity contribution in [2.75, 3.05) is 19.6 Å². The second kappa shape index (κ2) is 14.2. The van der Waals surface area contributed by atoms with Crippen molar-refractivity contribution < 1.29 is 23.5 Å². The van der Waals surface area contributed by atoms with E-state index in [9.17, 15) is 23.5 Å². The fraction of sp³-hybridized carbons (Fsp3) is 0.200. The first-order valence-corrected chi connectivity index (χ1v) is 10.7. The molecule has 0 heterocycles. The van der Waals surface area contributed by atoms with Gasteiger partial charge >= 0.3 is 0 Å². The summed E-state index contributed by atoms with van der Waals surface area (Å²) in [6.45, 7) is 0.600. The van der Waals surface area contributed by atoms with Gasteiger partial charge in [-0.25, -0.2) is 13.8 Å². The van der Waals surface area contributed by atoms with Crippen molar-refractivity contribution in [2.24, 2.45) is 10.7 Å². The molecule has 1 atom stereocenters. The molecule has 1 unspecified atom stereocenters. The van der Waals surface area contributed by atoms with Gasteiger partial charge in [0.15, 0.2) is 6.10 Å². The smallest absolute Gasteiger partial charge is 0.256 e. The van der Waals surface area contributed by atoms with Gasteiger partial charge in [-0.3, -0.25) is 9.59 Å². The van der Waals surface area contributed by atoms with Crippen molar-refractivity contribution in [1.29, 1.82) is 5.41 Å². The van der Waals surface area contributed by atoms with Crippen molar-refractivity contribution in [3.63, 3.8) is 0 Å². The van der Waals surface area contributed by atoms with Crippen molar-refractivity contribution in [3.8, 4) is 0 Å². The van der Waals surface area contributed by atoms with Gasteiger partial charge in [0, 0.05) is 25.8 Å². The van der Waals surface area contributed by atoms with E-state index in [1.165, 1.54) is 59.7 Å². The van der Waals surface area contributed by atoms with E-state index in [4.69, 9.17) is 11.1 Å². The molecule has 0 aromatic heterocycles. The third-order valence-electron chi connectivity index (χ3n) is 4.81. The van der Waals surface area contributed by atoms with E-state index < -0.39 is 17.8 Å². The molecule has 35 heavy (non-hydrogen) atoms. The zero-order chi connectivity index (χ0) is 25.6. The van der Waals surface area contributed by atoms with Crippen LogP contribution in [0.3, 0.4) is 0 Å². The highest BCUT2D eigenvalue weighted by atomic mass is 19.1. The molecule has 0 aliphatic rings. The molecule has 0 aliphatic carbocycles. The van der Waals surface area contributed by atoms with Crippen LogP contribution in [0, 0.1) is 17.0 Å². The first-order valence-electron chi connectivity index (χ1n) is 10.7. The third-order valence-corrected chi connectivity index (χ3v) is 4.81. The van der Waals surface area contributed by atoms with Crippen LogP contribution in [0.4, 0.5) is 8.78 Å². The van der Waals surface area contributed by atoms with Crippen molar-refractivity contribution in [2.45, 2.75) is 12.5 Å². The molecular formula is C25H27F2N5O3. The number of hydrogen-bond donors (Lipinski definition) is 4. The summed E-state index contributed by atoms with van der Waals surface area (Å²) in [5.41, 5.74) is 6.73. The maximum atomic E-state index is 13.1. The van der Waals surface area contributed by atoms with Gasteiger partial charge in [-0.05, 0) is 66.1 Å². The van der Waals surface area contributed by atoms with Crippen LogP contribution < -0.4 is 11.1 Å². The van der Waals surface area contributed by atoms with E-state index in [-0.39, 0.29) is 42.6 Å². The molecule has 0 bridgehead atoms. The van der Waals surface area contributed by atoms with E-state index in [2.05, 4.69) is 10.3 Å². The van der Waals surface area contributed by atoms with Crippen molar-refractivity contribution in [3.05, 3.63) is 95.7 Å². The van der Waals surface area contributed by atoms with Crippen LogP contribution >= 0.6 is 0 Å². The fourth-order valence-electron chi connectivity index (χ4n) is 2.93. The molecule has 184 valence electrons. The van der Waals surface area contributed by atoms with E-state index >= 15 is 0 Å². The fourth-order valence-corrected chi connectivity index (χ4v) is 2.93. The molecule has 0 spiro atoms. The number of aliphatic hydroxyl groups excluding tert-OH is 1. The molecule has 0 saturated carbocycles. The normalized spacial score (nSPS) is 12.6. The van der Waals surface area contributed by atoms with Crippen LogP contribution in [0.25, 0.3) is 0 Å². The number of nitrogens with one attached hydrogen (secondary N) is 2. The van der Waals surface area contributed by atoms with E-state index in [0.717, 1.165) is 12.1 Å². The number of amides is 2. The molecule has 10 heteroatoms. The Kier molecular flexibility index (Phi) is 11.0. The Hall–Kier alpha value is -4.18. The number of carbonyl (C=O) groups excluding carboxylic acids is 2. The van der Waals surface area contributed by atoms with E-state index in [0.29, 0.717) is 18.4 Å². The van der Waals surface area contributed by atoms with Gasteiger partial charge in [0.1, 0.15) is 17.5 Å². The van der Waals surface area contributed by atoms with E-state index in [1.807, 2.05) is 0 Å². The van der Waals surface area contributed by atoms with Crippen LogP contribution in [-0.2, 0) is 9.59 Å². The lowest BCUT2D eigenvalue weighted by Gasteiger charge is -2.25. The Morgan fingerprint density at radius 3 is 2.34 bits per heavy atom. The molecule has 2 aromatic rings. The maximum Gasteiger partial charge on any atom is 0.256 e. The molecule has 2 amide bonds. The SMILES string of the molecule is N=C(\C=C/C(N)=N/C=C/CCN(CCNC=O)C(=O)C(O)c1ccc(F)cc1)c1ccc(F)cc1. The number of nitrogens with two attached hydrogens (primary N) is 1. The largest absolute Gasteiger partial charge is 0.384 e. The Balaban J connectivity index is 1.92. The molecule has 8 nitrogen and oxygen atoms in total. The Morgan fingerprint density at radius 1 is 1.09 bits per heavy atom. The summed E-state index contributed by atoms with van der Waals surface area (Å²) in [4.78, 5) is 28.7. The summed E-state index contributed by atoms with van der Waals surface area (Å²) in [5, 5.41) is 20.8. The third kappa shape index (κ3) is 9.30. The summed E-state index contributed by atoms with van der Waals surface area (Å²) < 4.78 is 26.1. The van der Waals surface area contributed by atoms with Gasteiger partial charge < -0.3 is 26.5 Å². The first-order chi connectivity index (χ1) is 16.8. The molecule has 2 aromatic carbocycles. The summed E-state index contributed by atoms with van der Waals surface area (Å²) in [5.74, 6) is -1.31. The van der Waals surface area contributed by atoms with Gasteiger partial charge in [0.2, 0.25) is 6.41 Å². The minimum Gasteiger partial charge on any atom is -0.384 e. The summed E-state index contributed by atoms with van der Waals surface area (Å²) in [7, 11) is 0. The van der Waals surface area contributed by atoms with Gasteiger partial charge in [-0.2, -0.15) is 0 Å². The number of halogens is 2. The predicted octanol–water partition coefficient (Wildman–Crippen LogP) is 2.46. The van der Waals surface area contributed by atoms with Crippen LogP contribution in [-0.4, -0.2) is 53.5 Å². The summed E-state index contributed by atoms with van der Waals surface area (Å²) in [6, 6.07) is 10.5. The van der Waals surface area contributed by atoms with Crippen molar-refractivity contribution in [1.82, 2.24) is 10.2 Å². The number of rotatable bonds is 13. The first kappa shape index (κ1) is 27.1. The number of allylic oxidation sites excluding steroid dienone is 1. The Bertz CT molecular complexity index is 1080. The lowest BCUT2D eigenvalue weighted by Crippen LogP contribution is -2.40. The number of aliphatic imine (C=N–C) groups is 1. The van der Waals surface area contributed by atoms with Crippen LogP contribution in [0.1, 0.15) is 23.7 Å². The Morgan fingerprint density at radius 2 is 1.71 bits per heavy atom. The molecule has 2 rings (SSSR count). The number of benzene rings is 2. The minimum absolute atomic E-state index is 0.142. The zero-order valence-electron chi connectivity index (χ0n) is 18.9.